The first-order valence-electron chi connectivity index (χ1n) is 7.36. The lowest BCUT2D eigenvalue weighted by Gasteiger charge is -2.34. The van der Waals surface area contributed by atoms with E-state index in [1.807, 2.05) is 12.1 Å². The minimum Gasteiger partial charge on any atom is -0.394 e. The van der Waals surface area contributed by atoms with Gasteiger partial charge in [0.2, 0.25) is 0 Å². The lowest BCUT2D eigenvalue weighted by atomic mass is 10.2. The Hall–Kier alpha value is -1.70. The van der Waals surface area contributed by atoms with E-state index in [1.54, 1.807) is 4.90 Å². The molecule has 1 atom stereocenters. The van der Waals surface area contributed by atoms with Crippen molar-refractivity contribution in [3.63, 3.8) is 0 Å². The Morgan fingerprint density at radius 1 is 1.50 bits per heavy atom. The fraction of sp³-hybridized carbons (Fsp3) is 0.467. The summed E-state index contributed by atoms with van der Waals surface area (Å²) in [5, 5.41) is 13.4. The van der Waals surface area contributed by atoms with E-state index < -0.39 is 0 Å². The number of ether oxygens (including phenoxy) is 1. The number of nitrogens with one attached hydrogen (secondary N) is 1. The van der Waals surface area contributed by atoms with Crippen LogP contribution in [0.15, 0.2) is 24.3 Å². The molecule has 6 nitrogen and oxygen atoms in total. The molecule has 0 spiro atoms. The van der Waals surface area contributed by atoms with E-state index in [4.69, 9.17) is 4.74 Å². The highest BCUT2D eigenvalue weighted by atomic mass is 32.1. The lowest BCUT2D eigenvalue weighted by Crippen LogP contribution is -2.54. The molecule has 3 rings (SSSR count). The minimum absolute atomic E-state index is 0.0792. The first kappa shape index (κ1) is 15.2. The van der Waals surface area contributed by atoms with Crippen LogP contribution in [-0.2, 0) is 11.2 Å². The number of carbonyl (C=O) groups is 1. The fourth-order valence-corrected chi connectivity index (χ4v) is 3.40. The third kappa shape index (κ3) is 3.21. The van der Waals surface area contributed by atoms with Gasteiger partial charge in [0.15, 0.2) is 0 Å². The number of aromatic nitrogens is 1. The van der Waals surface area contributed by atoms with Crippen LogP contribution in [0, 0.1) is 0 Å². The van der Waals surface area contributed by atoms with Gasteiger partial charge in [-0.15, -0.1) is 0 Å². The number of hydrogen-bond acceptors (Lipinski definition) is 5. The molecule has 2 heterocycles. The summed E-state index contributed by atoms with van der Waals surface area (Å²) in [7, 11) is 0. The number of amides is 2. The van der Waals surface area contributed by atoms with E-state index in [2.05, 4.69) is 21.8 Å². The average Bonchev–Trinajstić information content (AvgIpc) is 2.98. The van der Waals surface area contributed by atoms with Gasteiger partial charge in [0.1, 0.15) is 0 Å². The number of aliphatic hydroxyl groups is 1. The molecule has 2 amide bonds. The molecule has 2 aromatic rings. The first-order valence-corrected chi connectivity index (χ1v) is 8.13. The van der Waals surface area contributed by atoms with Crippen molar-refractivity contribution < 1.29 is 14.6 Å². The largest absolute Gasteiger partial charge is 0.394 e. The Morgan fingerprint density at radius 2 is 2.36 bits per heavy atom. The quantitative estimate of drug-likeness (QED) is 0.888. The molecule has 2 N–H and O–H groups in total. The van der Waals surface area contributed by atoms with Gasteiger partial charge in [-0.3, -0.25) is 0 Å². The van der Waals surface area contributed by atoms with Crippen LogP contribution in [0.4, 0.5) is 4.79 Å². The van der Waals surface area contributed by atoms with Gasteiger partial charge in [-0.25, -0.2) is 4.79 Å². The Bertz CT molecular complexity index is 646. The van der Waals surface area contributed by atoms with Crippen LogP contribution in [0.2, 0.25) is 0 Å². The number of morpholine rings is 1. The van der Waals surface area contributed by atoms with Crippen LogP contribution in [-0.4, -0.2) is 59.4 Å². The second kappa shape index (κ2) is 7.04. The number of benzene rings is 1. The van der Waals surface area contributed by atoms with Crippen molar-refractivity contribution in [2.75, 3.05) is 32.9 Å². The Balaban J connectivity index is 1.55. The topological polar surface area (TPSA) is 74.7 Å². The summed E-state index contributed by atoms with van der Waals surface area (Å²) >= 11 is 1.48. The molecule has 1 fully saturated rings. The predicted octanol–water partition coefficient (Wildman–Crippen LogP) is 1.24. The average molecular weight is 321 g/mol. The van der Waals surface area contributed by atoms with Crippen molar-refractivity contribution in [2.45, 2.75) is 12.5 Å². The van der Waals surface area contributed by atoms with Crippen LogP contribution < -0.4 is 5.32 Å². The molecular weight excluding hydrogens is 302 g/mol. The molecule has 0 radical (unpaired) electrons. The molecule has 118 valence electrons. The van der Waals surface area contributed by atoms with E-state index in [9.17, 15) is 9.90 Å². The third-order valence-electron chi connectivity index (χ3n) is 3.79. The zero-order chi connectivity index (χ0) is 15.4. The van der Waals surface area contributed by atoms with E-state index >= 15 is 0 Å². The van der Waals surface area contributed by atoms with Gasteiger partial charge in [0.05, 0.1) is 36.3 Å². The van der Waals surface area contributed by atoms with Gasteiger partial charge in [-0.05, 0) is 17.6 Å². The van der Waals surface area contributed by atoms with Crippen molar-refractivity contribution >= 4 is 27.6 Å². The van der Waals surface area contributed by atoms with Crippen LogP contribution >= 0.6 is 11.5 Å². The summed E-state index contributed by atoms with van der Waals surface area (Å²) in [4.78, 5) is 13.8. The molecule has 0 aliphatic carbocycles. The lowest BCUT2D eigenvalue weighted by molar-refractivity contribution is -0.00754. The maximum absolute atomic E-state index is 12.2. The van der Waals surface area contributed by atoms with Crippen LogP contribution in [0.1, 0.15) is 5.69 Å². The van der Waals surface area contributed by atoms with Gasteiger partial charge < -0.3 is 20.1 Å². The van der Waals surface area contributed by atoms with Gasteiger partial charge in [0.25, 0.3) is 0 Å². The van der Waals surface area contributed by atoms with Crippen molar-refractivity contribution in [3.05, 3.63) is 30.0 Å². The Kier molecular flexibility index (Phi) is 4.87. The van der Waals surface area contributed by atoms with Crippen LogP contribution in [0.3, 0.4) is 0 Å². The Labute approximate surface area is 132 Å². The van der Waals surface area contributed by atoms with E-state index in [1.165, 1.54) is 11.5 Å². The van der Waals surface area contributed by atoms with Crippen molar-refractivity contribution in [2.24, 2.45) is 0 Å². The normalized spacial score (nSPS) is 18.6. The summed E-state index contributed by atoms with van der Waals surface area (Å²) in [6, 6.07) is 7.70. The highest BCUT2D eigenvalue weighted by molar-refractivity contribution is 7.13. The summed E-state index contributed by atoms with van der Waals surface area (Å²) in [5.74, 6) is 0. The maximum atomic E-state index is 12.2. The number of fused-ring (bicyclic) bond motifs is 1. The second-order valence-electron chi connectivity index (χ2n) is 5.21. The number of nitrogens with zero attached hydrogens (tertiary/aromatic N) is 2. The van der Waals surface area contributed by atoms with Gasteiger partial charge in [-0.2, -0.15) is 4.37 Å². The Morgan fingerprint density at radius 3 is 3.23 bits per heavy atom. The molecule has 1 aromatic heterocycles. The molecule has 1 saturated heterocycles. The molecular formula is C15H19N3O3S. The van der Waals surface area contributed by atoms with E-state index in [0.717, 1.165) is 15.8 Å². The van der Waals surface area contributed by atoms with Crippen molar-refractivity contribution in [3.8, 4) is 0 Å². The predicted molar refractivity (Wildman–Crippen MR) is 85.1 cm³/mol. The maximum Gasteiger partial charge on any atom is 0.317 e. The molecule has 0 saturated carbocycles. The van der Waals surface area contributed by atoms with Crippen molar-refractivity contribution in [1.29, 1.82) is 0 Å². The highest BCUT2D eigenvalue weighted by Crippen LogP contribution is 2.22. The number of hydrogen-bond donors (Lipinski definition) is 2. The monoisotopic (exact) mass is 321 g/mol. The van der Waals surface area contributed by atoms with E-state index in [0.29, 0.717) is 32.7 Å². The van der Waals surface area contributed by atoms with Gasteiger partial charge in [0, 0.05) is 24.9 Å². The van der Waals surface area contributed by atoms with Crippen molar-refractivity contribution in [1.82, 2.24) is 14.6 Å². The summed E-state index contributed by atoms with van der Waals surface area (Å²) in [6.07, 6.45) is 0.698. The molecule has 22 heavy (non-hydrogen) atoms. The van der Waals surface area contributed by atoms with E-state index in [-0.39, 0.29) is 18.7 Å². The highest BCUT2D eigenvalue weighted by Gasteiger charge is 2.26. The molecule has 7 heteroatoms. The number of urea groups is 1. The zero-order valence-electron chi connectivity index (χ0n) is 12.2. The van der Waals surface area contributed by atoms with Crippen LogP contribution in [0.25, 0.3) is 10.1 Å². The van der Waals surface area contributed by atoms with Gasteiger partial charge >= 0.3 is 6.03 Å². The SMILES string of the molecule is O=C(NCCc1nsc2ccccc12)N1CCOC[C@H]1CO. The molecule has 0 unspecified atom stereocenters. The molecule has 0 bridgehead atoms. The third-order valence-corrected chi connectivity index (χ3v) is 4.65. The summed E-state index contributed by atoms with van der Waals surface area (Å²) < 4.78 is 10.9. The molecule has 1 aliphatic heterocycles. The number of rotatable bonds is 4. The van der Waals surface area contributed by atoms with Crippen LogP contribution in [0.5, 0.6) is 0 Å². The fourth-order valence-electron chi connectivity index (χ4n) is 2.58. The summed E-state index contributed by atoms with van der Waals surface area (Å²) in [6.45, 7) is 1.87. The summed E-state index contributed by atoms with van der Waals surface area (Å²) in [5.41, 5.74) is 1.02. The standard InChI is InChI=1S/C15H19N3O3S/c19-9-11-10-21-8-7-18(11)15(20)16-6-5-13-12-3-1-2-4-14(12)22-17-13/h1-4,11,19H,5-10H2,(H,16,20)/t11-/m1/s1. The number of carbonyl (C=O) groups excluding carboxylic acids is 1. The smallest absolute Gasteiger partial charge is 0.317 e. The van der Waals surface area contributed by atoms with Gasteiger partial charge in [-0.1, -0.05) is 18.2 Å². The molecule has 1 aliphatic rings. The molecule has 1 aromatic carbocycles. The number of aliphatic hydroxyl groups excluding tert-OH is 1. The minimum atomic E-state index is -0.256. The second-order valence-corrected chi connectivity index (χ2v) is 6.02. The zero-order valence-corrected chi connectivity index (χ0v) is 13.0. The first-order chi connectivity index (χ1) is 10.8.